The van der Waals surface area contributed by atoms with Gasteiger partial charge in [-0.3, -0.25) is 10.1 Å². The highest BCUT2D eigenvalue weighted by Crippen LogP contribution is 2.00. The molecule has 0 aliphatic heterocycles. The maximum Gasteiger partial charge on any atom is 0.321 e. The monoisotopic (exact) mass is 175 g/mol. The highest BCUT2D eigenvalue weighted by Gasteiger charge is 2.19. The fourth-order valence-corrected chi connectivity index (χ4v) is 0.859. The number of rotatable bonds is 6. The van der Waals surface area contributed by atoms with Gasteiger partial charge in [0.15, 0.2) is 0 Å². The van der Waals surface area contributed by atoms with Crippen molar-refractivity contribution in [3.05, 3.63) is 0 Å². The molecule has 0 aliphatic carbocycles. The molecule has 0 bridgehead atoms. The van der Waals surface area contributed by atoms with Crippen molar-refractivity contribution in [3.8, 4) is 0 Å². The minimum Gasteiger partial charge on any atom is -0.480 e. The molecule has 4 heteroatoms. The van der Waals surface area contributed by atoms with E-state index in [9.17, 15) is 4.79 Å². The van der Waals surface area contributed by atoms with E-state index in [0.29, 0.717) is 13.3 Å². The molecule has 4 nitrogen and oxygen atoms in total. The number of carbonyl (C=O) groups is 1. The smallest absolute Gasteiger partial charge is 0.321 e. The van der Waals surface area contributed by atoms with E-state index in [1.807, 2.05) is 20.8 Å². The third kappa shape index (κ3) is 4.31. The second kappa shape index (κ2) is 5.97. The molecule has 0 aromatic rings. The summed E-state index contributed by atoms with van der Waals surface area (Å²) >= 11 is 0. The molecule has 0 saturated carbocycles. The van der Waals surface area contributed by atoms with Gasteiger partial charge in [-0.05, 0) is 12.8 Å². The van der Waals surface area contributed by atoms with Crippen molar-refractivity contribution in [2.24, 2.45) is 5.92 Å². The molecule has 0 fully saturated rings. The number of ether oxygens (including phenoxy) is 1. The fourth-order valence-electron chi connectivity index (χ4n) is 0.859. The van der Waals surface area contributed by atoms with E-state index in [4.69, 9.17) is 9.84 Å². The summed E-state index contributed by atoms with van der Waals surface area (Å²) in [4.78, 5) is 10.6. The molecule has 0 radical (unpaired) electrons. The SMILES string of the molecule is CCOCN[C@H](C(=O)O)C(C)C. The Morgan fingerprint density at radius 3 is 2.50 bits per heavy atom. The first-order valence-corrected chi connectivity index (χ1v) is 4.13. The molecule has 0 unspecified atom stereocenters. The largest absolute Gasteiger partial charge is 0.480 e. The first-order chi connectivity index (χ1) is 5.59. The minimum absolute atomic E-state index is 0.0722. The van der Waals surface area contributed by atoms with Gasteiger partial charge in [0.1, 0.15) is 6.04 Å². The predicted octanol–water partition coefficient (Wildman–Crippen LogP) is 0.679. The van der Waals surface area contributed by atoms with Crippen LogP contribution in [0.1, 0.15) is 20.8 Å². The van der Waals surface area contributed by atoms with E-state index in [1.54, 1.807) is 0 Å². The third-order valence-corrected chi connectivity index (χ3v) is 1.54. The summed E-state index contributed by atoms with van der Waals surface area (Å²) in [7, 11) is 0. The van der Waals surface area contributed by atoms with Crippen molar-refractivity contribution in [3.63, 3.8) is 0 Å². The van der Waals surface area contributed by atoms with Gasteiger partial charge in [-0.1, -0.05) is 13.8 Å². The van der Waals surface area contributed by atoms with E-state index < -0.39 is 12.0 Å². The quantitative estimate of drug-likeness (QED) is 0.460. The number of hydrogen-bond acceptors (Lipinski definition) is 3. The van der Waals surface area contributed by atoms with Crippen LogP contribution in [0.4, 0.5) is 0 Å². The number of hydrogen-bond donors (Lipinski definition) is 2. The molecule has 12 heavy (non-hydrogen) atoms. The molecule has 0 aromatic heterocycles. The molecular weight excluding hydrogens is 158 g/mol. The number of aliphatic carboxylic acids is 1. The van der Waals surface area contributed by atoms with Crippen molar-refractivity contribution in [1.82, 2.24) is 5.32 Å². The first-order valence-electron chi connectivity index (χ1n) is 4.13. The van der Waals surface area contributed by atoms with Crippen LogP contribution < -0.4 is 5.32 Å². The Bertz CT molecular complexity index is 136. The molecule has 0 rings (SSSR count). The Balaban J connectivity index is 3.72. The van der Waals surface area contributed by atoms with Gasteiger partial charge in [-0.15, -0.1) is 0 Å². The van der Waals surface area contributed by atoms with Crippen LogP contribution in [0, 0.1) is 5.92 Å². The van der Waals surface area contributed by atoms with Crippen molar-refractivity contribution < 1.29 is 14.6 Å². The van der Waals surface area contributed by atoms with Gasteiger partial charge in [0.25, 0.3) is 0 Å². The summed E-state index contributed by atoms with van der Waals surface area (Å²) in [5.41, 5.74) is 0. The van der Waals surface area contributed by atoms with Crippen LogP contribution in [-0.2, 0) is 9.53 Å². The van der Waals surface area contributed by atoms with E-state index in [0.717, 1.165) is 0 Å². The lowest BCUT2D eigenvalue weighted by atomic mass is 10.1. The highest BCUT2D eigenvalue weighted by atomic mass is 16.5. The average Bonchev–Trinajstić information content (AvgIpc) is 1.96. The van der Waals surface area contributed by atoms with Crippen LogP contribution in [0.15, 0.2) is 0 Å². The second-order valence-electron chi connectivity index (χ2n) is 2.90. The molecule has 1 atom stereocenters. The number of carboxylic acid groups (broad SMARTS) is 1. The molecule has 0 spiro atoms. The number of nitrogens with one attached hydrogen (secondary N) is 1. The zero-order chi connectivity index (χ0) is 9.56. The highest BCUT2D eigenvalue weighted by molar-refractivity contribution is 5.73. The lowest BCUT2D eigenvalue weighted by molar-refractivity contribution is -0.141. The average molecular weight is 175 g/mol. The van der Waals surface area contributed by atoms with Gasteiger partial charge in [-0.2, -0.15) is 0 Å². The van der Waals surface area contributed by atoms with Crippen LogP contribution in [0.3, 0.4) is 0 Å². The van der Waals surface area contributed by atoms with Gasteiger partial charge < -0.3 is 9.84 Å². The van der Waals surface area contributed by atoms with Gasteiger partial charge in [0.2, 0.25) is 0 Å². The summed E-state index contributed by atoms with van der Waals surface area (Å²) < 4.78 is 4.99. The number of carboxylic acids is 1. The summed E-state index contributed by atoms with van der Waals surface area (Å²) in [6.45, 7) is 6.48. The van der Waals surface area contributed by atoms with Gasteiger partial charge >= 0.3 is 5.97 Å². The molecule has 2 N–H and O–H groups in total. The molecule has 0 aliphatic rings. The molecule has 0 amide bonds. The summed E-state index contributed by atoms with van der Waals surface area (Å²) in [5.74, 6) is -0.757. The van der Waals surface area contributed by atoms with E-state index >= 15 is 0 Å². The van der Waals surface area contributed by atoms with Crippen LogP contribution in [-0.4, -0.2) is 30.5 Å². The lowest BCUT2D eigenvalue weighted by Crippen LogP contribution is -2.41. The first kappa shape index (κ1) is 11.4. The van der Waals surface area contributed by atoms with Crippen LogP contribution in [0.25, 0.3) is 0 Å². The van der Waals surface area contributed by atoms with Crippen molar-refractivity contribution >= 4 is 5.97 Å². The summed E-state index contributed by atoms with van der Waals surface area (Å²) in [6, 6.07) is -0.517. The molecular formula is C8H17NO3. The van der Waals surface area contributed by atoms with E-state index in [2.05, 4.69) is 5.32 Å². The molecule has 0 saturated heterocycles. The van der Waals surface area contributed by atoms with Gasteiger partial charge in [0.05, 0.1) is 6.73 Å². The minimum atomic E-state index is -0.829. The Morgan fingerprint density at radius 2 is 2.17 bits per heavy atom. The molecule has 0 aromatic carbocycles. The standard InChI is InChI=1S/C8H17NO3/c1-4-12-5-9-7(6(2)3)8(10)11/h6-7,9H,4-5H2,1-3H3,(H,10,11)/t7-/m0/s1. The lowest BCUT2D eigenvalue weighted by Gasteiger charge is -2.17. The van der Waals surface area contributed by atoms with Crippen molar-refractivity contribution in [1.29, 1.82) is 0 Å². The Kier molecular flexibility index (Phi) is 5.66. The van der Waals surface area contributed by atoms with Crippen LogP contribution >= 0.6 is 0 Å². The topological polar surface area (TPSA) is 58.6 Å². The van der Waals surface area contributed by atoms with E-state index in [1.165, 1.54) is 0 Å². The summed E-state index contributed by atoms with van der Waals surface area (Å²) in [6.07, 6.45) is 0. The fraction of sp³-hybridized carbons (Fsp3) is 0.875. The molecule has 72 valence electrons. The van der Waals surface area contributed by atoms with Gasteiger partial charge in [-0.25, -0.2) is 0 Å². The van der Waals surface area contributed by atoms with E-state index in [-0.39, 0.29) is 5.92 Å². The van der Waals surface area contributed by atoms with Gasteiger partial charge in [0, 0.05) is 6.61 Å². The normalized spacial score (nSPS) is 13.3. The third-order valence-electron chi connectivity index (χ3n) is 1.54. The van der Waals surface area contributed by atoms with Crippen LogP contribution in [0.2, 0.25) is 0 Å². The Hall–Kier alpha value is -0.610. The second-order valence-corrected chi connectivity index (χ2v) is 2.90. The predicted molar refractivity (Wildman–Crippen MR) is 45.9 cm³/mol. The van der Waals surface area contributed by atoms with Crippen molar-refractivity contribution in [2.75, 3.05) is 13.3 Å². The Labute approximate surface area is 72.9 Å². The maximum atomic E-state index is 10.6. The zero-order valence-corrected chi connectivity index (χ0v) is 7.83. The molecule has 0 heterocycles. The summed E-state index contributed by atoms with van der Waals surface area (Å²) in [5, 5.41) is 11.5. The zero-order valence-electron chi connectivity index (χ0n) is 7.83. The van der Waals surface area contributed by atoms with Crippen LogP contribution in [0.5, 0.6) is 0 Å². The maximum absolute atomic E-state index is 10.6. The van der Waals surface area contributed by atoms with Crippen molar-refractivity contribution in [2.45, 2.75) is 26.8 Å². The Morgan fingerprint density at radius 1 is 1.58 bits per heavy atom.